The Kier molecular flexibility index (Phi) is 3.32. The minimum atomic E-state index is -3.83. The molecule has 2 rings (SSSR count). The summed E-state index contributed by atoms with van der Waals surface area (Å²) in [5, 5.41) is 9.82. The van der Waals surface area contributed by atoms with Crippen molar-refractivity contribution in [2.24, 2.45) is 0 Å². The summed E-state index contributed by atoms with van der Waals surface area (Å²) in [7, 11) is -3.83. The predicted molar refractivity (Wildman–Crippen MR) is 67.7 cm³/mol. The Bertz CT molecular complexity index is 650. The molecule has 102 valence electrons. The van der Waals surface area contributed by atoms with Crippen LogP contribution in [0.4, 0.5) is 5.69 Å². The smallest absolute Gasteiger partial charge is 0.303 e. The lowest BCUT2D eigenvalue weighted by Gasteiger charge is -2.25. The predicted octanol–water partition coefficient (Wildman–Crippen LogP) is 0.954. The summed E-state index contributed by atoms with van der Waals surface area (Å²) in [5.74, 6) is -1.79. The first kappa shape index (κ1) is 13.5. The van der Waals surface area contributed by atoms with Gasteiger partial charge in [-0.25, -0.2) is 8.42 Å². The van der Waals surface area contributed by atoms with Crippen LogP contribution in [-0.4, -0.2) is 30.7 Å². The number of amides is 1. The molecule has 1 aliphatic heterocycles. The average molecular weight is 283 g/mol. The van der Waals surface area contributed by atoms with Crippen LogP contribution in [0.15, 0.2) is 23.1 Å². The summed E-state index contributed by atoms with van der Waals surface area (Å²) in [6.07, 6.45) is -0.588. The number of carbonyl (C=O) groups is 2. The molecule has 1 unspecified atom stereocenters. The van der Waals surface area contributed by atoms with Crippen molar-refractivity contribution in [3.05, 3.63) is 23.8 Å². The maximum absolute atomic E-state index is 12.3. The molecule has 1 aromatic carbocycles. The van der Waals surface area contributed by atoms with Crippen molar-refractivity contribution in [2.75, 3.05) is 5.32 Å². The largest absolute Gasteiger partial charge is 0.481 e. The number of aryl methyl sites for hydroxylation is 1. The number of benzene rings is 1. The van der Waals surface area contributed by atoms with Crippen LogP contribution in [0, 0.1) is 6.92 Å². The van der Waals surface area contributed by atoms with Crippen LogP contribution in [-0.2, 0) is 19.4 Å². The average Bonchev–Trinajstić information content (AvgIpc) is 2.29. The van der Waals surface area contributed by atoms with Crippen LogP contribution in [0.3, 0.4) is 0 Å². The number of aliphatic carboxylic acids is 1. The normalized spacial score (nSPS) is 20.5. The second-order valence-electron chi connectivity index (χ2n) is 4.40. The van der Waals surface area contributed by atoms with Crippen LogP contribution in [0.25, 0.3) is 0 Å². The Morgan fingerprint density at radius 1 is 1.42 bits per heavy atom. The van der Waals surface area contributed by atoms with Crippen LogP contribution in [0.1, 0.15) is 18.4 Å². The van der Waals surface area contributed by atoms with E-state index in [0.717, 1.165) is 0 Å². The Morgan fingerprint density at radius 2 is 2.11 bits per heavy atom. The minimum Gasteiger partial charge on any atom is -0.481 e. The molecule has 0 aromatic heterocycles. The van der Waals surface area contributed by atoms with E-state index in [2.05, 4.69) is 5.32 Å². The van der Waals surface area contributed by atoms with Crippen LogP contribution in [0.2, 0.25) is 0 Å². The molecule has 2 N–H and O–H groups in total. The molecule has 1 amide bonds. The van der Waals surface area contributed by atoms with Gasteiger partial charge in [-0.15, -0.1) is 0 Å². The molecule has 0 radical (unpaired) electrons. The van der Waals surface area contributed by atoms with Gasteiger partial charge in [0.05, 0.1) is 10.6 Å². The quantitative estimate of drug-likeness (QED) is 0.860. The molecule has 1 aliphatic rings. The maximum atomic E-state index is 12.3. The Morgan fingerprint density at radius 3 is 2.74 bits per heavy atom. The number of sulfone groups is 1. The molecule has 0 spiro atoms. The molecule has 1 heterocycles. The molecule has 0 fully saturated rings. The number of carboxylic acids is 1. The summed E-state index contributed by atoms with van der Waals surface area (Å²) in [6, 6.07) is 4.72. The van der Waals surface area contributed by atoms with Crippen molar-refractivity contribution in [3.8, 4) is 0 Å². The van der Waals surface area contributed by atoms with E-state index in [0.29, 0.717) is 11.3 Å². The van der Waals surface area contributed by atoms with Crippen molar-refractivity contribution in [1.82, 2.24) is 0 Å². The molecule has 6 nitrogen and oxygen atoms in total. The highest BCUT2D eigenvalue weighted by molar-refractivity contribution is 7.93. The highest BCUT2D eigenvalue weighted by Crippen LogP contribution is 2.34. The van der Waals surface area contributed by atoms with Crippen LogP contribution >= 0.6 is 0 Å². The van der Waals surface area contributed by atoms with Crippen LogP contribution in [0.5, 0.6) is 0 Å². The Balaban J connectivity index is 2.46. The molecular formula is C12H13NO5S. The Labute approximate surface area is 110 Å². The number of para-hydroxylation sites is 1. The van der Waals surface area contributed by atoms with Gasteiger partial charge < -0.3 is 10.4 Å². The minimum absolute atomic E-state index is 0.0579. The highest BCUT2D eigenvalue weighted by Gasteiger charge is 2.40. The number of fused-ring (bicyclic) bond motifs is 1. The first-order valence-corrected chi connectivity index (χ1v) is 7.25. The van der Waals surface area contributed by atoms with E-state index in [9.17, 15) is 18.0 Å². The molecule has 19 heavy (non-hydrogen) atoms. The summed E-state index contributed by atoms with van der Waals surface area (Å²) in [5.41, 5.74) is 0.949. The topological polar surface area (TPSA) is 101 Å². The van der Waals surface area contributed by atoms with E-state index in [4.69, 9.17) is 5.11 Å². The standard InChI is InChI=1S/C12H13NO5S/c1-7-3-2-4-8-11(7)13-12(16)9(19(8,17)18)5-6-10(14)15/h2-4,9H,5-6H2,1H3,(H,13,16)(H,14,15). The first-order chi connectivity index (χ1) is 8.84. The number of carbonyl (C=O) groups excluding carboxylic acids is 1. The van der Waals surface area contributed by atoms with E-state index in [1.165, 1.54) is 6.07 Å². The summed E-state index contributed by atoms with van der Waals surface area (Å²) < 4.78 is 24.7. The molecule has 0 aliphatic carbocycles. The Hall–Kier alpha value is -1.89. The van der Waals surface area contributed by atoms with Gasteiger partial charge in [-0.1, -0.05) is 12.1 Å². The van der Waals surface area contributed by atoms with Gasteiger partial charge in [-0.05, 0) is 25.0 Å². The van der Waals surface area contributed by atoms with Crippen molar-refractivity contribution in [3.63, 3.8) is 0 Å². The maximum Gasteiger partial charge on any atom is 0.303 e. The first-order valence-electron chi connectivity index (χ1n) is 5.70. The zero-order valence-corrected chi connectivity index (χ0v) is 11.0. The molecule has 0 saturated carbocycles. The van der Waals surface area contributed by atoms with E-state index in [1.807, 2.05) is 0 Å². The summed E-state index contributed by atoms with van der Waals surface area (Å²) >= 11 is 0. The van der Waals surface area contributed by atoms with Crippen molar-refractivity contribution in [1.29, 1.82) is 0 Å². The van der Waals surface area contributed by atoms with Gasteiger partial charge in [0, 0.05) is 6.42 Å². The van der Waals surface area contributed by atoms with Gasteiger partial charge in [0.25, 0.3) is 0 Å². The fourth-order valence-corrected chi connectivity index (χ4v) is 3.92. The highest BCUT2D eigenvalue weighted by atomic mass is 32.2. The number of nitrogens with one attached hydrogen (secondary N) is 1. The number of hydrogen-bond donors (Lipinski definition) is 2. The molecular weight excluding hydrogens is 270 g/mol. The van der Waals surface area contributed by atoms with E-state index >= 15 is 0 Å². The van der Waals surface area contributed by atoms with E-state index in [1.54, 1.807) is 19.1 Å². The number of hydrogen-bond acceptors (Lipinski definition) is 4. The molecule has 1 aromatic rings. The number of rotatable bonds is 3. The summed E-state index contributed by atoms with van der Waals surface area (Å²) in [6.45, 7) is 1.70. The van der Waals surface area contributed by atoms with Gasteiger partial charge in [-0.3, -0.25) is 9.59 Å². The van der Waals surface area contributed by atoms with Crippen molar-refractivity contribution in [2.45, 2.75) is 29.9 Å². The molecule has 0 saturated heterocycles. The third-order valence-corrected chi connectivity index (χ3v) is 5.23. The van der Waals surface area contributed by atoms with Gasteiger partial charge >= 0.3 is 5.97 Å². The number of anilines is 1. The second-order valence-corrected chi connectivity index (χ2v) is 6.50. The van der Waals surface area contributed by atoms with Gasteiger partial charge in [-0.2, -0.15) is 0 Å². The number of carboxylic acid groups (broad SMARTS) is 1. The fourth-order valence-electron chi connectivity index (χ4n) is 2.08. The van der Waals surface area contributed by atoms with Gasteiger partial charge in [0.15, 0.2) is 9.84 Å². The third-order valence-electron chi connectivity index (χ3n) is 3.08. The van der Waals surface area contributed by atoms with Gasteiger partial charge in [0.2, 0.25) is 5.91 Å². The second kappa shape index (κ2) is 4.65. The van der Waals surface area contributed by atoms with Crippen molar-refractivity contribution >= 4 is 27.4 Å². The van der Waals surface area contributed by atoms with Crippen molar-refractivity contribution < 1.29 is 23.1 Å². The zero-order chi connectivity index (χ0) is 14.2. The van der Waals surface area contributed by atoms with E-state index in [-0.39, 0.29) is 17.7 Å². The monoisotopic (exact) mass is 283 g/mol. The lowest BCUT2D eigenvalue weighted by Crippen LogP contribution is -2.40. The van der Waals surface area contributed by atoms with E-state index < -0.39 is 27.0 Å². The molecule has 0 bridgehead atoms. The summed E-state index contributed by atoms with van der Waals surface area (Å²) in [4.78, 5) is 22.4. The SMILES string of the molecule is Cc1cccc2c1NC(=O)C(CCC(=O)O)S2(=O)=O. The third kappa shape index (κ3) is 2.33. The lowest BCUT2D eigenvalue weighted by atomic mass is 10.1. The lowest BCUT2D eigenvalue weighted by molar-refractivity contribution is -0.137. The van der Waals surface area contributed by atoms with Crippen LogP contribution < -0.4 is 5.32 Å². The molecule has 7 heteroatoms. The molecule has 1 atom stereocenters. The van der Waals surface area contributed by atoms with Gasteiger partial charge in [0.1, 0.15) is 5.25 Å². The fraction of sp³-hybridized carbons (Fsp3) is 0.333. The zero-order valence-electron chi connectivity index (χ0n) is 10.2.